The molecule has 0 radical (unpaired) electrons. The van der Waals surface area contributed by atoms with Gasteiger partial charge in [-0.25, -0.2) is 27.3 Å². The number of para-hydroxylation sites is 2. The van der Waals surface area contributed by atoms with Crippen molar-refractivity contribution >= 4 is 121 Å². The van der Waals surface area contributed by atoms with Gasteiger partial charge in [-0.05, 0) is 117 Å². The van der Waals surface area contributed by atoms with Gasteiger partial charge in [0.25, 0.3) is 33.7 Å². The second kappa shape index (κ2) is 26.9. The molecule has 0 saturated heterocycles. The number of aromatic nitrogens is 3. The molecule has 0 fully saturated rings. The van der Waals surface area contributed by atoms with Gasteiger partial charge < -0.3 is 30.4 Å². The SMILES string of the molecule is CCCOc1ccc(C)cc1C.COn1c(=O)n(C(C(=O)Nc2cc(S(=O)(=O)Nc3ccccc3Cl)ccc2C)C(=O)N2CCc3ccccc32)c(=O)n1C.O=CNc1cccc(C(=O)NC2=NN(c3c(Cl)cc(Cl)cc3Cl)C(=O)C2)c1. The molecule has 0 spiro atoms. The maximum atomic E-state index is 14.0. The third kappa shape index (κ3) is 14.2. The molecule has 2 aliphatic rings. The molecule has 26 heteroatoms. The molecule has 21 nitrogen and oxygen atoms in total. The number of carbonyl (C=O) groups excluding carboxylic acids is 5. The molecule has 1 atom stereocenters. The molecule has 0 saturated carbocycles. The lowest BCUT2D eigenvalue weighted by Gasteiger charge is -2.24. The number of ether oxygens (including phenoxy) is 1. The fourth-order valence-corrected chi connectivity index (χ4v) is 10.8. The van der Waals surface area contributed by atoms with Crippen LogP contribution >= 0.6 is 46.4 Å². The molecule has 6 aromatic carbocycles. The van der Waals surface area contributed by atoms with Crippen molar-refractivity contribution in [2.24, 2.45) is 12.1 Å². The summed E-state index contributed by atoms with van der Waals surface area (Å²) in [4.78, 5) is 96.2. The predicted molar refractivity (Wildman–Crippen MR) is 316 cm³/mol. The van der Waals surface area contributed by atoms with E-state index in [0.717, 1.165) is 41.1 Å². The number of sulfonamides is 1. The van der Waals surface area contributed by atoms with E-state index < -0.39 is 51.1 Å². The number of rotatable bonds is 15. The molecule has 0 aliphatic carbocycles. The number of hydrogen-bond acceptors (Lipinski definition) is 12. The first-order valence-electron chi connectivity index (χ1n) is 25.0. The zero-order valence-corrected chi connectivity index (χ0v) is 48.7. The number of nitrogens with one attached hydrogen (secondary N) is 4. The second-order valence-electron chi connectivity index (χ2n) is 18.3. The van der Waals surface area contributed by atoms with Gasteiger partial charge in [-0.3, -0.25) is 28.7 Å². The Morgan fingerprint density at radius 3 is 2.16 bits per heavy atom. The number of aryl methyl sites for hydroxylation is 3. The van der Waals surface area contributed by atoms with E-state index in [1.54, 1.807) is 49.4 Å². The highest BCUT2D eigenvalue weighted by Gasteiger charge is 2.40. The summed E-state index contributed by atoms with van der Waals surface area (Å²) in [7, 11) is -1.75. The zero-order chi connectivity index (χ0) is 59.6. The van der Waals surface area contributed by atoms with Crippen LogP contribution in [-0.4, -0.2) is 78.6 Å². The van der Waals surface area contributed by atoms with E-state index in [1.807, 2.05) is 18.2 Å². The second-order valence-corrected chi connectivity index (χ2v) is 21.6. The molecule has 1 unspecified atom stereocenters. The van der Waals surface area contributed by atoms with Crippen molar-refractivity contribution in [3.05, 3.63) is 190 Å². The molecular formula is C56H54Cl4N10O11S. The Labute approximate surface area is 490 Å². The van der Waals surface area contributed by atoms with E-state index in [9.17, 15) is 42.0 Å². The molecule has 9 rings (SSSR count). The van der Waals surface area contributed by atoms with Gasteiger partial charge in [-0.1, -0.05) is 118 Å². The minimum absolute atomic E-state index is 0.0442. The van der Waals surface area contributed by atoms with Crippen molar-refractivity contribution in [1.29, 1.82) is 0 Å². The van der Waals surface area contributed by atoms with Crippen LogP contribution in [0.2, 0.25) is 20.1 Å². The van der Waals surface area contributed by atoms with Gasteiger partial charge in [0.15, 0.2) is 0 Å². The molecule has 428 valence electrons. The molecule has 0 bridgehead atoms. The number of carbonyl (C=O) groups is 5. The molecule has 2 aliphatic heterocycles. The number of amidine groups is 1. The van der Waals surface area contributed by atoms with Crippen molar-refractivity contribution in [3.8, 4) is 5.75 Å². The summed E-state index contributed by atoms with van der Waals surface area (Å²) >= 11 is 24.2. The van der Waals surface area contributed by atoms with Crippen molar-refractivity contribution < 1.29 is 42.0 Å². The Hall–Kier alpha value is -8.41. The molecule has 3 heterocycles. The zero-order valence-electron chi connectivity index (χ0n) is 44.8. The van der Waals surface area contributed by atoms with Crippen LogP contribution in [0, 0.1) is 20.8 Å². The van der Waals surface area contributed by atoms with Crippen LogP contribution < -0.4 is 51.5 Å². The fourth-order valence-electron chi connectivity index (χ4n) is 8.47. The van der Waals surface area contributed by atoms with Crippen LogP contribution in [0.1, 0.15) is 58.4 Å². The average Bonchev–Trinajstić information content (AvgIpc) is 4.15. The maximum absolute atomic E-state index is 14.0. The number of halogens is 4. The Balaban J connectivity index is 0.000000209. The smallest absolute Gasteiger partial charge is 0.382 e. The Morgan fingerprint density at radius 1 is 0.780 bits per heavy atom. The lowest BCUT2D eigenvalue weighted by Crippen LogP contribution is -2.48. The first-order chi connectivity index (χ1) is 39.1. The largest absolute Gasteiger partial charge is 0.493 e. The molecular weight excluding hydrogens is 1160 g/mol. The third-order valence-electron chi connectivity index (χ3n) is 12.5. The quantitative estimate of drug-likeness (QED) is 0.0558. The number of amides is 5. The van der Waals surface area contributed by atoms with Crippen molar-refractivity contribution in [3.63, 3.8) is 0 Å². The summed E-state index contributed by atoms with van der Waals surface area (Å²) in [6, 6.07) is 30.9. The Morgan fingerprint density at radius 2 is 1.49 bits per heavy atom. The first-order valence-corrected chi connectivity index (χ1v) is 28.0. The third-order valence-corrected chi connectivity index (χ3v) is 14.9. The summed E-state index contributed by atoms with van der Waals surface area (Å²) in [5, 5.41) is 13.5. The number of hydrogen-bond donors (Lipinski definition) is 4. The van der Waals surface area contributed by atoms with Crippen molar-refractivity contribution in [1.82, 2.24) is 19.4 Å². The first kappa shape index (κ1) is 61.2. The summed E-state index contributed by atoms with van der Waals surface area (Å²) in [5.41, 5.74) is 3.51. The van der Waals surface area contributed by atoms with Gasteiger partial charge in [-0.2, -0.15) is 10.1 Å². The highest BCUT2D eigenvalue weighted by molar-refractivity contribution is 7.92. The summed E-state index contributed by atoms with van der Waals surface area (Å²) in [6.07, 6.45) is 1.95. The van der Waals surface area contributed by atoms with Crippen molar-refractivity contribution in [2.45, 2.75) is 57.9 Å². The van der Waals surface area contributed by atoms with E-state index >= 15 is 0 Å². The summed E-state index contributed by atoms with van der Waals surface area (Å²) in [6.45, 7) is 8.94. The minimum Gasteiger partial charge on any atom is -0.493 e. The number of fused-ring (bicyclic) bond motifs is 1. The topological polar surface area (TPSA) is 254 Å². The normalized spacial score (nSPS) is 12.9. The predicted octanol–water partition coefficient (Wildman–Crippen LogP) is 8.73. The van der Waals surface area contributed by atoms with Crippen LogP contribution in [0.4, 0.5) is 28.4 Å². The molecule has 82 heavy (non-hydrogen) atoms. The van der Waals surface area contributed by atoms with E-state index in [0.29, 0.717) is 44.2 Å². The van der Waals surface area contributed by atoms with E-state index in [2.05, 4.69) is 58.7 Å². The average molecular weight is 1220 g/mol. The molecule has 5 amide bonds. The number of nitrogens with zero attached hydrogens (tertiary/aromatic N) is 6. The van der Waals surface area contributed by atoms with E-state index in [4.69, 9.17) is 56.0 Å². The monoisotopic (exact) mass is 1210 g/mol. The van der Waals surface area contributed by atoms with Crippen molar-refractivity contribution in [2.75, 3.05) is 45.5 Å². The molecule has 1 aromatic heterocycles. The highest BCUT2D eigenvalue weighted by Crippen LogP contribution is 2.38. The van der Waals surface area contributed by atoms with Crippen LogP contribution in [0.5, 0.6) is 5.75 Å². The van der Waals surface area contributed by atoms with Gasteiger partial charge >= 0.3 is 11.4 Å². The van der Waals surface area contributed by atoms with E-state index in [-0.39, 0.29) is 61.4 Å². The van der Waals surface area contributed by atoms with Crippen LogP contribution in [0.15, 0.2) is 141 Å². The fraction of sp³-hybridized carbons (Fsp3) is 0.214. The van der Waals surface area contributed by atoms with E-state index in [1.165, 1.54) is 71.6 Å². The van der Waals surface area contributed by atoms with Crippen LogP contribution in [-0.2, 0) is 42.7 Å². The van der Waals surface area contributed by atoms with Crippen LogP contribution in [0.3, 0.4) is 0 Å². The Bertz CT molecular complexity index is 3860. The lowest BCUT2D eigenvalue weighted by atomic mass is 10.1. The number of benzene rings is 6. The summed E-state index contributed by atoms with van der Waals surface area (Å²) in [5.74, 6) is -1.58. The maximum Gasteiger partial charge on any atom is 0.382 e. The van der Waals surface area contributed by atoms with Gasteiger partial charge in [0.2, 0.25) is 12.5 Å². The summed E-state index contributed by atoms with van der Waals surface area (Å²) < 4.78 is 35.6. The van der Waals surface area contributed by atoms with Gasteiger partial charge in [0.1, 0.15) is 24.4 Å². The number of hydrazone groups is 1. The minimum atomic E-state index is -4.15. The van der Waals surface area contributed by atoms with Gasteiger partial charge in [-0.15, -0.1) is 0 Å². The Kier molecular flexibility index (Phi) is 20.1. The standard InChI is InChI=1S/C28H27ClN6O7S.C17H11Cl3N4O3.C11H16O/c1-17-12-13-19(43(40,41)31-21-10-6-5-9-20(21)29)16-22(17)30-25(36)24(34-27(38)32(2)35(42-3)28(34)39)26(37)33-15-14-18-8-4-7-11-23(18)33;18-10-5-12(19)16(13(20)6-10)24-15(26)7-14(23-24)22-17(27)9-2-1-3-11(4-9)21-8-25;1-4-7-12-11-6-5-9(2)8-10(11)3/h4-13,16,24,31H,14-15H2,1-3H3,(H,30,36);1-6,8H,7H2,(H,21,25)(H,22,23,27);5-6,8H,4,7H2,1-3H3. The van der Waals surface area contributed by atoms with Crippen LogP contribution in [0.25, 0.3) is 0 Å². The molecule has 4 N–H and O–H groups in total. The van der Waals surface area contributed by atoms with Gasteiger partial charge in [0.05, 0.1) is 38.7 Å². The number of anilines is 5. The van der Waals surface area contributed by atoms with Gasteiger partial charge in [0, 0.05) is 41.2 Å². The highest BCUT2D eigenvalue weighted by atomic mass is 35.5. The lowest BCUT2D eigenvalue weighted by molar-refractivity contribution is -0.130. The molecule has 7 aromatic rings.